The lowest BCUT2D eigenvalue weighted by atomic mass is 9.94. The van der Waals surface area contributed by atoms with Crippen molar-refractivity contribution in [1.82, 2.24) is 0 Å². The number of rotatable bonds is 5. The molecular formula is C17H20ClNO. The van der Waals surface area contributed by atoms with E-state index in [0.717, 1.165) is 11.3 Å². The van der Waals surface area contributed by atoms with E-state index in [4.69, 9.17) is 22.1 Å². The average Bonchev–Trinajstić information content (AvgIpc) is 2.46. The van der Waals surface area contributed by atoms with Crippen LogP contribution in [-0.2, 0) is 0 Å². The monoisotopic (exact) mass is 289 g/mol. The number of halogens is 1. The fourth-order valence-corrected chi connectivity index (χ4v) is 2.29. The van der Waals surface area contributed by atoms with Gasteiger partial charge in [-0.15, -0.1) is 0 Å². The number of ether oxygens (including phenoxy) is 1. The lowest BCUT2D eigenvalue weighted by molar-refractivity contribution is 0.123. The van der Waals surface area contributed by atoms with Crippen molar-refractivity contribution in [1.29, 1.82) is 0 Å². The van der Waals surface area contributed by atoms with Crippen LogP contribution < -0.4 is 10.5 Å². The van der Waals surface area contributed by atoms with Crippen LogP contribution in [0.5, 0.6) is 5.75 Å². The molecule has 0 aliphatic heterocycles. The fourth-order valence-electron chi connectivity index (χ4n) is 2.16. The summed E-state index contributed by atoms with van der Waals surface area (Å²) in [5, 5.41) is 0.700. The Hall–Kier alpha value is -1.51. The SMILES string of the molecule is CC(C)C(Oc1ccc(Cl)cc1)C(N)c1ccccc1. The molecule has 106 valence electrons. The van der Waals surface area contributed by atoms with E-state index >= 15 is 0 Å². The second-order valence-corrected chi connectivity index (χ2v) is 5.65. The molecule has 0 bridgehead atoms. The average molecular weight is 290 g/mol. The van der Waals surface area contributed by atoms with Gasteiger partial charge in [0.25, 0.3) is 0 Å². The van der Waals surface area contributed by atoms with E-state index in [2.05, 4.69) is 13.8 Å². The summed E-state index contributed by atoms with van der Waals surface area (Å²) in [7, 11) is 0. The van der Waals surface area contributed by atoms with Crippen molar-refractivity contribution in [3.05, 3.63) is 65.2 Å². The van der Waals surface area contributed by atoms with E-state index in [1.54, 1.807) is 0 Å². The highest BCUT2D eigenvalue weighted by Crippen LogP contribution is 2.26. The summed E-state index contributed by atoms with van der Waals surface area (Å²) in [6, 6.07) is 17.3. The Bertz CT molecular complexity index is 524. The second-order valence-electron chi connectivity index (χ2n) is 5.22. The minimum Gasteiger partial charge on any atom is -0.488 e. The minimum atomic E-state index is -0.160. The van der Waals surface area contributed by atoms with Crippen molar-refractivity contribution in [3.63, 3.8) is 0 Å². The third kappa shape index (κ3) is 3.75. The lowest BCUT2D eigenvalue weighted by Gasteiger charge is -2.28. The first kappa shape index (κ1) is 14.9. The van der Waals surface area contributed by atoms with E-state index in [-0.39, 0.29) is 12.1 Å². The van der Waals surface area contributed by atoms with Crippen LogP contribution >= 0.6 is 11.6 Å². The zero-order chi connectivity index (χ0) is 14.5. The Morgan fingerprint density at radius 2 is 1.55 bits per heavy atom. The molecule has 2 nitrogen and oxygen atoms in total. The summed E-state index contributed by atoms with van der Waals surface area (Å²) >= 11 is 5.89. The number of hydrogen-bond donors (Lipinski definition) is 1. The number of benzene rings is 2. The maximum atomic E-state index is 6.37. The van der Waals surface area contributed by atoms with Gasteiger partial charge in [-0.25, -0.2) is 0 Å². The molecule has 0 fully saturated rings. The van der Waals surface area contributed by atoms with E-state index < -0.39 is 0 Å². The summed E-state index contributed by atoms with van der Waals surface area (Å²) in [6.45, 7) is 4.23. The minimum absolute atomic E-state index is 0.0847. The molecule has 2 atom stereocenters. The van der Waals surface area contributed by atoms with Gasteiger partial charge in [0, 0.05) is 5.02 Å². The topological polar surface area (TPSA) is 35.2 Å². The maximum Gasteiger partial charge on any atom is 0.120 e. The van der Waals surface area contributed by atoms with E-state index in [1.807, 2.05) is 54.6 Å². The van der Waals surface area contributed by atoms with Gasteiger partial charge in [-0.05, 0) is 35.7 Å². The van der Waals surface area contributed by atoms with Crippen LogP contribution in [0.25, 0.3) is 0 Å². The van der Waals surface area contributed by atoms with Crippen molar-refractivity contribution in [2.45, 2.75) is 26.0 Å². The first-order valence-corrected chi connectivity index (χ1v) is 7.18. The Balaban J connectivity index is 2.17. The molecule has 0 amide bonds. The maximum absolute atomic E-state index is 6.37. The highest BCUT2D eigenvalue weighted by atomic mass is 35.5. The summed E-state index contributed by atoms with van der Waals surface area (Å²) in [6.07, 6.45) is -0.0847. The van der Waals surface area contributed by atoms with Crippen LogP contribution in [0.15, 0.2) is 54.6 Å². The molecule has 2 unspecified atom stereocenters. The van der Waals surface area contributed by atoms with E-state index in [9.17, 15) is 0 Å². The largest absolute Gasteiger partial charge is 0.488 e. The van der Waals surface area contributed by atoms with Crippen molar-refractivity contribution < 1.29 is 4.74 Å². The third-order valence-electron chi connectivity index (χ3n) is 3.28. The molecule has 0 aliphatic rings. The van der Waals surface area contributed by atoms with Crippen LogP contribution in [0.1, 0.15) is 25.5 Å². The molecule has 3 heteroatoms. The second kappa shape index (κ2) is 6.78. The molecule has 2 aromatic rings. The highest BCUT2D eigenvalue weighted by molar-refractivity contribution is 6.30. The van der Waals surface area contributed by atoms with E-state index in [0.29, 0.717) is 10.9 Å². The van der Waals surface area contributed by atoms with Gasteiger partial charge in [-0.1, -0.05) is 55.8 Å². The number of hydrogen-bond acceptors (Lipinski definition) is 2. The zero-order valence-corrected chi connectivity index (χ0v) is 12.5. The van der Waals surface area contributed by atoms with Gasteiger partial charge in [0.15, 0.2) is 0 Å². The van der Waals surface area contributed by atoms with Gasteiger partial charge in [0.2, 0.25) is 0 Å². The molecule has 0 aromatic heterocycles. The van der Waals surface area contributed by atoms with Crippen LogP contribution in [-0.4, -0.2) is 6.10 Å². The summed E-state index contributed by atoms with van der Waals surface area (Å²) in [4.78, 5) is 0. The molecule has 0 saturated carbocycles. The molecule has 0 radical (unpaired) electrons. The predicted molar refractivity (Wildman–Crippen MR) is 84.1 cm³/mol. The molecular weight excluding hydrogens is 270 g/mol. The Kier molecular flexibility index (Phi) is 5.05. The van der Waals surface area contributed by atoms with Gasteiger partial charge in [0.1, 0.15) is 11.9 Å². The van der Waals surface area contributed by atoms with Crippen LogP contribution in [0.3, 0.4) is 0 Å². The molecule has 2 N–H and O–H groups in total. The standard InChI is InChI=1S/C17H20ClNO/c1-12(2)17(16(19)13-6-4-3-5-7-13)20-15-10-8-14(18)9-11-15/h3-12,16-17H,19H2,1-2H3. The van der Waals surface area contributed by atoms with E-state index in [1.165, 1.54) is 0 Å². The summed E-state index contributed by atoms with van der Waals surface area (Å²) < 4.78 is 6.06. The normalized spacial score (nSPS) is 14.1. The summed E-state index contributed by atoms with van der Waals surface area (Å²) in [5.41, 5.74) is 7.45. The van der Waals surface area contributed by atoms with Gasteiger partial charge in [0.05, 0.1) is 6.04 Å². The number of nitrogens with two attached hydrogens (primary N) is 1. The Morgan fingerprint density at radius 1 is 0.950 bits per heavy atom. The fraction of sp³-hybridized carbons (Fsp3) is 0.294. The molecule has 0 spiro atoms. The third-order valence-corrected chi connectivity index (χ3v) is 3.53. The first-order valence-electron chi connectivity index (χ1n) is 6.80. The van der Waals surface area contributed by atoms with Crippen LogP contribution in [0.4, 0.5) is 0 Å². The molecule has 20 heavy (non-hydrogen) atoms. The van der Waals surface area contributed by atoms with Crippen molar-refractivity contribution in [2.24, 2.45) is 11.7 Å². The highest BCUT2D eigenvalue weighted by Gasteiger charge is 2.24. The quantitative estimate of drug-likeness (QED) is 0.883. The molecule has 0 saturated heterocycles. The molecule has 2 rings (SSSR count). The van der Waals surface area contributed by atoms with Gasteiger partial charge < -0.3 is 10.5 Å². The lowest BCUT2D eigenvalue weighted by Crippen LogP contribution is -2.35. The van der Waals surface area contributed by atoms with Crippen molar-refractivity contribution in [2.75, 3.05) is 0 Å². The Labute approximate surface area is 125 Å². The van der Waals surface area contributed by atoms with Crippen LogP contribution in [0, 0.1) is 5.92 Å². The molecule has 0 aliphatic carbocycles. The molecule has 2 aromatic carbocycles. The molecule has 0 heterocycles. The zero-order valence-electron chi connectivity index (χ0n) is 11.8. The summed E-state index contributed by atoms with van der Waals surface area (Å²) in [5.74, 6) is 1.10. The Morgan fingerprint density at radius 3 is 2.10 bits per heavy atom. The van der Waals surface area contributed by atoms with Gasteiger partial charge in [-0.2, -0.15) is 0 Å². The van der Waals surface area contributed by atoms with Crippen molar-refractivity contribution >= 4 is 11.6 Å². The van der Waals surface area contributed by atoms with Crippen LogP contribution in [0.2, 0.25) is 5.02 Å². The first-order chi connectivity index (χ1) is 9.58. The predicted octanol–water partition coefficient (Wildman–Crippen LogP) is 4.44. The van der Waals surface area contributed by atoms with Gasteiger partial charge >= 0.3 is 0 Å². The van der Waals surface area contributed by atoms with Crippen molar-refractivity contribution in [3.8, 4) is 5.75 Å². The smallest absolute Gasteiger partial charge is 0.120 e. The van der Waals surface area contributed by atoms with Gasteiger partial charge in [-0.3, -0.25) is 0 Å².